The number of sulfonamides is 1. The van der Waals surface area contributed by atoms with E-state index in [1.165, 1.54) is 33.3 Å². The van der Waals surface area contributed by atoms with Crippen molar-refractivity contribution in [2.45, 2.75) is 22.8 Å². The van der Waals surface area contributed by atoms with Gasteiger partial charge in [-0.1, -0.05) is 18.2 Å². The van der Waals surface area contributed by atoms with Gasteiger partial charge < -0.3 is 0 Å². The smallest absolute Gasteiger partial charge is 0.250 e. The molecule has 11 heteroatoms. The molecule has 2 heterocycles. The molecule has 0 aliphatic carbocycles. The maximum atomic E-state index is 12.5. The first-order chi connectivity index (χ1) is 12.7. The molecule has 0 bridgehead atoms. The minimum atomic E-state index is -4.01. The van der Waals surface area contributed by atoms with E-state index in [2.05, 4.69) is 9.82 Å². The van der Waals surface area contributed by atoms with Crippen LogP contribution in [0.5, 0.6) is 0 Å². The lowest BCUT2D eigenvalue weighted by Crippen LogP contribution is -2.28. The first-order valence-electron chi connectivity index (χ1n) is 8.03. The number of aromatic nitrogens is 3. The maximum absolute atomic E-state index is 12.5. The SMILES string of the molecule is CS(=O)(=O)c1ccccc1S(=O)(=O)NCCCn1nc2ccccn2c1=O. The van der Waals surface area contributed by atoms with Gasteiger partial charge in [0.25, 0.3) is 0 Å². The van der Waals surface area contributed by atoms with Gasteiger partial charge in [0.05, 0.1) is 4.90 Å². The number of rotatable bonds is 7. The van der Waals surface area contributed by atoms with E-state index in [1.807, 2.05) is 0 Å². The summed E-state index contributed by atoms with van der Waals surface area (Å²) in [6.07, 6.45) is 2.87. The molecular formula is C16H18N4O5S2. The van der Waals surface area contributed by atoms with Gasteiger partial charge >= 0.3 is 5.69 Å². The van der Waals surface area contributed by atoms with Crippen molar-refractivity contribution in [3.63, 3.8) is 0 Å². The minimum absolute atomic E-state index is 0.0285. The van der Waals surface area contributed by atoms with Gasteiger partial charge in [-0.25, -0.2) is 31.0 Å². The lowest BCUT2D eigenvalue weighted by atomic mass is 10.4. The van der Waals surface area contributed by atoms with Crippen LogP contribution in [0.25, 0.3) is 5.65 Å². The van der Waals surface area contributed by atoms with Crippen molar-refractivity contribution >= 4 is 25.5 Å². The molecule has 144 valence electrons. The number of aryl methyl sites for hydroxylation is 1. The van der Waals surface area contributed by atoms with Crippen LogP contribution in [0.15, 0.2) is 63.2 Å². The molecule has 3 aromatic rings. The van der Waals surface area contributed by atoms with Crippen molar-refractivity contribution in [2.75, 3.05) is 12.8 Å². The molecule has 0 saturated heterocycles. The fraction of sp³-hybridized carbons (Fsp3) is 0.250. The third-order valence-corrected chi connectivity index (χ3v) is 6.67. The van der Waals surface area contributed by atoms with E-state index in [0.29, 0.717) is 12.1 Å². The number of benzene rings is 1. The molecular weight excluding hydrogens is 392 g/mol. The van der Waals surface area contributed by atoms with Crippen LogP contribution < -0.4 is 10.4 Å². The Morgan fingerprint density at radius 1 is 1.00 bits per heavy atom. The number of nitrogens with zero attached hydrogens (tertiary/aromatic N) is 3. The first kappa shape index (κ1) is 19.3. The van der Waals surface area contributed by atoms with E-state index in [1.54, 1.807) is 24.4 Å². The summed E-state index contributed by atoms with van der Waals surface area (Å²) in [6, 6.07) is 10.6. The molecule has 0 saturated carbocycles. The predicted octanol–water partition coefficient (Wildman–Crippen LogP) is 0.268. The molecule has 0 atom stereocenters. The third-order valence-electron chi connectivity index (χ3n) is 3.87. The molecule has 0 fully saturated rings. The zero-order valence-corrected chi connectivity index (χ0v) is 16.1. The van der Waals surface area contributed by atoms with Gasteiger partial charge in [0, 0.05) is 25.5 Å². The Labute approximate surface area is 156 Å². The monoisotopic (exact) mass is 410 g/mol. The average Bonchev–Trinajstić information content (AvgIpc) is 2.94. The van der Waals surface area contributed by atoms with E-state index >= 15 is 0 Å². The standard InChI is InChI=1S/C16H18N4O5S2/c1-26(22,23)13-7-2-3-8-14(13)27(24,25)17-10-6-12-20-16(21)19-11-5-4-9-15(19)18-20/h2-5,7-9,11,17H,6,10,12H2,1H3. The Morgan fingerprint density at radius 2 is 1.67 bits per heavy atom. The van der Waals surface area contributed by atoms with Gasteiger partial charge in [-0.15, -0.1) is 5.10 Å². The van der Waals surface area contributed by atoms with Crippen LogP contribution in [0, 0.1) is 0 Å². The summed E-state index contributed by atoms with van der Waals surface area (Å²) in [5.74, 6) is 0. The summed E-state index contributed by atoms with van der Waals surface area (Å²) in [4.78, 5) is 11.6. The normalized spacial score (nSPS) is 12.5. The van der Waals surface area contributed by atoms with Gasteiger partial charge in [-0.05, 0) is 30.7 Å². The van der Waals surface area contributed by atoms with Crippen molar-refractivity contribution in [1.29, 1.82) is 0 Å². The summed E-state index contributed by atoms with van der Waals surface area (Å²) in [5, 5.41) is 4.16. The van der Waals surface area contributed by atoms with Crippen LogP contribution >= 0.6 is 0 Å². The van der Waals surface area contributed by atoms with Gasteiger partial charge in [0.1, 0.15) is 4.90 Å². The second-order valence-electron chi connectivity index (χ2n) is 5.90. The number of hydrogen-bond acceptors (Lipinski definition) is 6. The molecule has 0 spiro atoms. The molecule has 1 N–H and O–H groups in total. The van der Waals surface area contributed by atoms with Crippen molar-refractivity contribution in [3.05, 3.63) is 59.1 Å². The maximum Gasteiger partial charge on any atom is 0.350 e. The van der Waals surface area contributed by atoms with E-state index in [4.69, 9.17) is 0 Å². The van der Waals surface area contributed by atoms with Gasteiger partial charge in [0.15, 0.2) is 15.5 Å². The van der Waals surface area contributed by atoms with E-state index < -0.39 is 19.9 Å². The Bertz CT molecular complexity index is 1240. The molecule has 0 amide bonds. The molecule has 1 aromatic carbocycles. The van der Waals surface area contributed by atoms with Crippen LogP contribution in [0.3, 0.4) is 0 Å². The Balaban J connectivity index is 1.70. The van der Waals surface area contributed by atoms with E-state index in [9.17, 15) is 21.6 Å². The number of pyridine rings is 1. The highest BCUT2D eigenvalue weighted by Crippen LogP contribution is 2.20. The fourth-order valence-electron chi connectivity index (χ4n) is 2.61. The van der Waals surface area contributed by atoms with Crippen LogP contribution in [0.4, 0.5) is 0 Å². The van der Waals surface area contributed by atoms with Gasteiger partial charge in [-0.2, -0.15) is 0 Å². The highest BCUT2D eigenvalue weighted by atomic mass is 32.2. The molecule has 27 heavy (non-hydrogen) atoms. The van der Waals surface area contributed by atoms with E-state index in [-0.39, 0.29) is 28.6 Å². The fourth-order valence-corrected chi connectivity index (χ4v) is 5.31. The zero-order valence-electron chi connectivity index (χ0n) is 14.4. The zero-order chi connectivity index (χ0) is 19.7. The molecule has 3 rings (SSSR count). The molecule has 2 aromatic heterocycles. The molecule has 0 unspecified atom stereocenters. The Morgan fingerprint density at radius 3 is 2.33 bits per heavy atom. The summed E-state index contributed by atoms with van der Waals surface area (Å²) in [5.41, 5.74) is 0.195. The summed E-state index contributed by atoms with van der Waals surface area (Å²) in [6.45, 7) is 0.248. The Hall–Kier alpha value is -2.50. The van der Waals surface area contributed by atoms with Crippen LogP contribution in [-0.4, -0.2) is 43.8 Å². The minimum Gasteiger partial charge on any atom is -0.250 e. The average molecular weight is 410 g/mol. The lowest BCUT2D eigenvalue weighted by molar-refractivity contribution is 0.541. The van der Waals surface area contributed by atoms with Crippen LogP contribution in [0.1, 0.15) is 6.42 Å². The Kier molecular flexibility index (Phi) is 5.18. The van der Waals surface area contributed by atoms with Crippen LogP contribution in [-0.2, 0) is 26.4 Å². The van der Waals surface area contributed by atoms with Crippen molar-refractivity contribution in [2.24, 2.45) is 0 Å². The van der Waals surface area contributed by atoms with Gasteiger partial charge in [-0.3, -0.25) is 4.40 Å². The topological polar surface area (TPSA) is 120 Å². The number of nitrogens with one attached hydrogen (secondary N) is 1. The number of sulfone groups is 1. The largest absolute Gasteiger partial charge is 0.350 e. The van der Waals surface area contributed by atoms with Crippen molar-refractivity contribution in [3.8, 4) is 0 Å². The van der Waals surface area contributed by atoms with Crippen LogP contribution in [0.2, 0.25) is 0 Å². The van der Waals surface area contributed by atoms with Crippen molar-refractivity contribution in [1.82, 2.24) is 18.9 Å². The lowest BCUT2D eigenvalue weighted by Gasteiger charge is -2.10. The highest BCUT2D eigenvalue weighted by molar-refractivity contribution is 7.93. The number of fused-ring (bicyclic) bond motifs is 1. The quantitative estimate of drug-likeness (QED) is 0.558. The summed E-state index contributed by atoms with van der Waals surface area (Å²) < 4.78 is 53.5. The third kappa shape index (κ3) is 4.10. The molecule has 0 radical (unpaired) electrons. The molecule has 0 aliphatic rings. The predicted molar refractivity (Wildman–Crippen MR) is 98.8 cm³/mol. The van der Waals surface area contributed by atoms with Gasteiger partial charge in [0.2, 0.25) is 10.0 Å². The molecule has 0 aliphatic heterocycles. The van der Waals surface area contributed by atoms with E-state index in [0.717, 1.165) is 6.26 Å². The molecule has 9 nitrogen and oxygen atoms in total. The van der Waals surface area contributed by atoms with Crippen molar-refractivity contribution < 1.29 is 16.8 Å². The second kappa shape index (κ2) is 7.25. The summed E-state index contributed by atoms with van der Waals surface area (Å²) >= 11 is 0. The second-order valence-corrected chi connectivity index (χ2v) is 9.62. The summed E-state index contributed by atoms with van der Waals surface area (Å²) in [7, 11) is -7.69. The highest BCUT2D eigenvalue weighted by Gasteiger charge is 2.22. The first-order valence-corrected chi connectivity index (χ1v) is 11.4. The number of hydrogen-bond donors (Lipinski definition) is 1.